The van der Waals surface area contributed by atoms with Crippen molar-refractivity contribution in [1.29, 1.82) is 0 Å². The van der Waals surface area contributed by atoms with Crippen LogP contribution in [-0.2, 0) is 4.74 Å². The van der Waals surface area contributed by atoms with E-state index >= 15 is 0 Å². The second-order valence-electron chi connectivity index (χ2n) is 6.43. The molecule has 3 fully saturated rings. The molecule has 2 aliphatic heterocycles. The van der Waals surface area contributed by atoms with Gasteiger partial charge in [-0.05, 0) is 56.8 Å². The highest BCUT2D eigenvalue weighted by atomic mass is 16.5. The van der Waals surface area contributed by atoms with Crippen LogP contribution in [0.25, 0.3) is 0 Å². The lowest BCUT2D eigenvalue weighted by Crippen LogP contribution is -2.31. The van der Waals surface area contributed by atoms with Gasteiger partial charge in [0.25, 0.3) is 0 Å². The van der Waals surface area contributed by atoms with Crippen LogP contribution in [0.4, 0.5) is 0 Å². The maximum Gasteiger partial charge on any atom is 0.120 e. The molecule has 3 aliphatic rings. The number of hydrogen-bond acceptors (Lipinski definition) is 3. The molecule has 4 atom stereocenters. The lowest BCUT2D eigenvalue weighted by Gasteiger charge is -2.28. The van der Waals surface area contributed by atoms with E-state index in [2.05, 4.69) is 36.6 Å². The van der Waals surface area contributed by atoms with Crippen LogP contribution >= 0.6 is 0 Å². The Morgan fingerprint density at radius 3 is 2.80 bits per heavy atom. The summed E-state index contributed by atoms with van der Waals surface area (Å²) in [5.41, 5.74) is 1.34. The van der Waals surface area contributed by atoms with Crippen molar-refractivity contribution in [2.75, 3.05) is 7.05 Å². The maximum absolute atomic E-state index is 6.02. The molecule has 3 nitrogen and oxygen atoms in total. The molecule has 1 aromatic carbocycles. The van der Waals surface area contributed by atoms with E-state index in [4.69, 9.17) is 9.47 Å². The fourth-order valence-electron chi connectivity index (χ4n) is 3.82. The molecule has 3 heteroatoms. The Morgan fingerprint density at radius 1 is 1.25 bits per heavy atom. The molecule has 4 unspecified atom stereocenters. The summed E-state index contributed by atoms with van der Waals surface area (Å²) in [5.74, 6) is 1.63. The van der Waals surface area contributed by atoms with Crippen molar-refractivity contribution in [2.24, 2.45) is 5.92 Å². The van der Waals surface area contributed by atoms with Crippen molar-refractivity contribution in [3.63, 3.8) is 0 Å². The van der Waals surface area contributed by atoms with Gasteiger partial charge in [-0.15, -0.1) is 0 Å². The van der Waals surface area contributed by atoms with E-state index in [9.17, 15) is 0 Å². The number of benzene rings is 1. The summed E-state index contributed by atoms with van der Waals surface area (Å²) in [6.45, 7) is 0. The summed E-state index contributed by atoms with van der Waals surface area (Å²) in [6.07, 6.45) is 7.51. The van der Waals surface area contributed by atoms with Gasteiger partial charge in [-0.25, -0.2) is 0 Å². The number of nitrogens with one attached hydrogen (secondary N) is 1. The molecular weight excluding hydrogens is 250 g/mol. The van der Waals surface area contributed by atoms with Crippen LogP contribution in [-0.4, -0.2) is 25.4 Å². The van der Waals surface area contributed by atoms with Gasteiger partial charge < -0.3 is 14.8 Å². The largest absolute Gasteiger partial charge is 0.490 e. The average molecular weight is 273 g/mol. The summed E-state index contributed by atoms with van der Waals surface area (Å²) in [6, 6.07) is 9.00. The van der Waals surface area contributed by atoms with Crippen LogP contribution in [0.2, 0.25) is 0 Å². The zero-order valence-corrected chi connectivity index (χ0v) is 12.0. The first kappa shape index (κ1) is 12.7. The van der Waals surface area contributed by atoms with Gasteiger partial charge in [0.2, 0.25) is 0 Å². The van der Waals surface area contributed by atoms with Crippen molar-refractivity contribution >= 4 is 0 Å². The van der Waals surface area contributed by atoms with Gasteiger partial charge in [0.1, 0.15) is 5.75 Å². The van der Waals surface area contributed by atoms with E-state index in [1.165, 1.54) is 37.7 Å². The third kappa shape index (κ3) is 2.33. The van der Waals surface area contributed by atoms with Gasteiger partial charge in [0.05, 0.1) is 18.3 Å². The van der Waals surface area contributed by atoms with Crippen LogP contribution in [0.1, 0.15) is 43.7 Å². The molecule has 1 aliphatic carbocycles. The van der Waals surface area contributed by atoms with E-state index in [0.717, 1.165) is 5.75 Å². The normalized spacial score (nSPS) is 33.4. The first-order valence-electron chi connectivity index (χ1n) is 7.93. The Morgan fingerprint density at radius 2 is 2.15 bits per heavy atom. The van der Waals surface area contributed by atoms with Gasteiger partial charge in [0.15, 0.2) is 0 Å². The topological polar surface area (TPSA) is 30.5 Å². The minimum Gasteiger partial charge on any atom is -0.490 e. The molecule has 2 saturated heterocycles. The predicted octanol–water partition coefficient (Wildman–Crippen LogP) is 3.06. The molecule has 2 bridgehead atoms. The summed E-state index contributed by atoms with van der Waals surface area (Å²) in [5, 5.41) is 3.51. The molecule has 1 aromatic rings. The Bertz CT molecular complexity index is 486. The summed E-state index contributed by atoms with van der Waals surface area (Å²) in [4.78, 5) is 0. The van der Waals surface area contributed by atoms with E-state index in [1.54, 1.807) is 0 Å². The molecule has 0 amide bonds. The van der Waals surface area contributed by atoms with Crippen molar-refractivity contribution < 1.29 is 9.47 Å². The van der Waals surface area contributed by atoms with E-state index in [0.29, 0.717) is 30.3 Å². The average Bonchev–Trinajstić information content (AvgIpc) is 3.02. The third-order valence-electron chi connectivity index (χ3n) is 4.94. The quantitative estimate of drug-likeness (QED) is 0.894. The molecule has 108 valence electrons. The number of hydrogen-bond donors (Lipinski definition) is 1. The molecule has 0 aromatic heterocycles. The monoisotopic (exact) mass is 273 g/mol. The van der Waals surface area contributed by atoms with Crippen LogP contribution in [0.5, 0.6) is 5.75 Å². The van der Waals surface area contributed by atoms with Gasteiger partial charge >= 0.3 is 0 Å². The van der Waals surface area contributed by atoms with Crippen LogP contribution in [0.15, 0.2) is 24.3 Å². The summed E-state index contributed by atoms with van der Waals surface area (Å²) in [7, 11) is 2.06. The van der Waals surface area contributed by atoms with Crippen molar-refractivity contribution in [3.05, 3.63) is 29.8 Å². The lowest BCUT2D eigenvalue weighted by atomic mass is 9.81. The second kappa shape index (κ2) is 5.05. The van der Waals surface area contributed by atoms with Crippen molar-refractivity contribution in [2.45, 2.75) is 56.5 Å². The van der Waals surface area contributed by atoms with Crippen molar-refractivity contribution in [1.82, 2.24) is 5.32 Å². The number of fused-ring (bicyclic) bond motifs is 2. The third-order valence-corrected chi connectivity index (χ3v) is 4.94. The smallest absolute Gasteiger partial charge is 0.120 e. The highest BCUT2D eigenvalue weighted by molar-refractivity contribution is 5.32. The second-order valence-corrected chi connectivity index (χ2v) is 6.43. The molecule has 0 spiro atoms. The van der Waals surface area contributed by atoms with Gasteiger partial charge in [0, 0.05) is 12.0 Å². The van der Waals surface area contributed by atoms with Crippen LogP contribution in [0.3, 0.4) is 0 Å². The first-order chi connectivity index (χ1) is 9.83. The predicted molar refractivity (Wildman–Crippen MR) is 77.9 cm³/mol. The molecular formula is C17H23NO2. The number of rotatable bonds is 5. The van der Waals surface area contributed by atoms with Crippen LogP contribution < -0.4 is 10.1 Å². The van der Waals surface area contributed by atoms with Gasteiger partial charge in [-0.1, -0.05) is 12.1 Å². The van der Waals surface area contributed by atoms with Gasteiger partial charge in [-0.2, -0.15) is 0 Å². The Balaban J connectivity index is 1.54. The molecule has 2 heterocycles. The van der Waals surface area contributed by atoms with E-state index in [-0.39, 0.29) is 0 Å². The lowest BCUT2D eigenvalue weighted by molar-refractivity contribution is 0.0862. The fourth-order valence-corrected chi connectivity index (χ4v) is 3.82. The van der Waals surface area contributed by atoms with E-state index in [1.807, 2.05) is 0 Å². The maximum atomic E-state index is 6.02. The highest BCUT2D eigenvalue weighted by Gasteiger charge is 2.44. The Kier molecular flexibility index (Phi) is 3.20. The minimum atomic E-state index is 0.382. The first-order valence-corrected chi connectivity index (χ1v) is 7.93. The standard InChI is InChI=1S/C17H23NO2/c1-18-17(15-10-14-7-8-16(15)20-14)11-3-2-4-13(9-11)19-12-5-6-12/h2-4,9,12,14-18H,5-8,10H2,1H3. The van der Waals surface area contributed by atoms with Crippen molar-refractivity contribution in [3.8, 4) is 5.75 Å². The van der Waals surface area contributed by atoms with Crippen LogP contribution in [0, 0.1) is 5.92 Å². The Hall–Kier alpha value is -1.06. The molecule has 1 N–H and O–H groups in total. The van der Waals surface area contributed by atoms with E-state index < -0.39 is 0 Å². The minimum absolute atomic E-state index is 0.382. The van der Waals surface area contributed by atoms with Gasteiger partial charge in [-0.3, -0.25) is 0 Å². The molecule has 0 radical (unpaired) electrons. The SMILES string of the molecule is CNC(c1cccc(OC2CC2)c1)C1CC2CCC1O2. The summed E-state index contributed by atoms with van der Waals surface area (Å²) >= 11 is 0. The molecule has 1 saturated carbocycles. The zero-order chi connectivity index (χ0) is 13.5. The molecule has 20 heavy (non-hydrogen) atoms. The highest BCUT2D eigenvalue weighted by Crippen LogP contribution is 2.45. The number of ether oxygens (including phenoxy) is 2. The summed E-state index contributed by atoms with van der Waals surface area (Å²) < 4.78 is 11.9. The fraction of sp³-hybridized carbons (Fsp3) is 0.647. The molecule has 4 rings (SSSR count). The zero-order valence-electron chi connectivity index (χ0n) is 12.0. The Labute approximate surface area is 120 Å².